The van der Waals surface area contributed by atoms with E-state index in [1.807, 2.05) is 17.7 Å². The van der Waals surface area contributed by atoms with Gasteiger partial charge in [0.2, 0.25) is 0 Å². The number of aryl methyl sites for hydroxylation is 1. The van der Waals surface area contributed by atoms with Gasteiger partial charge >= 0.3 is 6.18 Å². The first-order valence-corrected chi connectivity index (χ1v) is 14.8. The number of aromatic nitrogens is 3. The molecular formula is C31H34F3N5O3. The average molecular weight is 582 g/mol. The number of anilines is 1. The fraction of sp³-hybridized carbons (Fsp3) is 0.516. The van der Waals surface area contributed by atoms with Gasteiger partial charge in [0, 0.05) is 31.6 Å². The number of aliphatic hydroxyl groups excluding tert-OH is 1. The molecule has 0 saturated heterocycles. The summed E-state index contributed by atoms with van der Waals surface area (Å²) < 4.78 is 51.1. The number of fused-ring (bicyclic) bond motifs is 2. The summed E-state index contributed by atoms with van der Waals surface area (Å²) in [7, 11) is 1.92. The molecule has 3 heterocycles. The molecule has 1 aromatic heterocycles. The van der Waals surface area contributed by atoms with Crippen LogP contribution in [-0.4, -0.2) is 44.5 Å². The van der Waals surface area contributed by atoms with Gasteiger partial charge < -0.3 is 24.6 Å². The SMILES string of the molecule is Cn1cnnc1C1(c2cc3c(c(N4Cc5c(cc(CN[C@H]6CCC[C@H]6O)cc5C(F)(F)F)C4=O)c2)OCC3)CCCC1. The van der Waals surface area contributed by atoms with Crippen LogP contribution in [0, 0.1) is 0 Å². The third kappa shape index (κ3) is 4.40. The lowest BCUT2D eigenvalue weighted by Crippen LogP contribution is -2.35. The molecule has 2 N–H and O–H groups in total. The first-order valence-electron chi connectivity index (χ1n) is 14.8. The van der Waals surface area contributed by atoms with Gasteiger partial charge in [-0.05, 0) is 72.6 Å². The zero-order chi connectivity index (χ0) is 29.2. The number of hydrogen-bond donors (Lipinski definition) is 2. The Kier molecular flexibility index (Phi) is 6.58. The predicted molar refractivity (Wildman–Crippen MR) is 148 cm³/mol. The number of aliphatic hydroxyl groups is 1. The monoisotopic (exact) mass is 581 g/mol. The number of alkyl halides is 3. The first-order chi connectivity index (χ1) is 20.2. The summed E-state index contributed by atoms with van der Waals surface area (Å²) in [5, 5.41) is 22.0. The van der Waals surface area contributed by atoms with Crippen LogP contribution in [0.1, 0.15) is 88.9 Å². The highest BCUT2D eigenvalue weighted by Crippen LogP contribution is 2.50. The van der Waals surface area contributed by atoms with E-state index in [0.717, 1.165) is 61.5 Å². The number of hydrogen-bond acceptors (Lipinski definition) is 6. The Balaban J connectivity index is 1.29. The molecule has 2 aliphatic carbocycles. The molecule has 0 spiro atoms. The molecule has 3 aromatic rings. The van der Waals surface area contributed by atoms with E-state index in [-0.39, 0.29) is 30.3 Å². The van der Waals surface area contributed by atoms with Crippen LogP contribution in [0.2, 0.25) is 0 Å². The van der Waals surface area contributed by atoms with E-state index in [0.29, 0.717) is 36.4 Å². The second-order valence-electron chi connectivity index (χ2n) is 12.2. The third-order valence-corrected chi connectivity index (χ3v) is 9.66. The van der Waals surface area contributed by atoms with Crippen molar-refractivity contribution in [1.82, 2.24) is 20.1 Å². The molecule has 4 aliphatic rings. The van der Waals surface area contributed by atoms with Crippen LogP contribution < -0.4 is 15.0 Å². The van der Waals surface area contributed by atoms with Crippen LogP contribution in [0.3, 0.4) is 0 Å². The molecule has 2 saturated carbocycles. The van der Waals surface area contributed by atoms with Crippen molar-refractivity contribution in [2.24, 2.45) is 7.05 Å². The number of ether oxygens (including phenoxy) is 1. The Labute approximate surface area is 241 Å². The van der Waals surface area contributed by atoms with Crippen molar-refractivity contribution in [2.75, 3.05) is 11.5 Å². The number of halogens is 3. The van der Waals surface area contributed by atoms with Crippen molar-refractivity contribution in [2.45, 2.75) is 88.2 Å². The zero-order valence-corrected chi connectivity index (χ0v) is 23.5. The number of rotatable bonds is 6. The number of amides is 1. The van der Waals surface area contributed by atoms with Gasteiger partial charge in [-0.2, -0.15) is 13.2 Å². The summed E-state index contributed by atoms with van der Waals surface area (Å²) in [6.45, 7) is 0.405. The van der Waals surface area contributed by atoms with Gasteiger partial charge in [-0.3, -0.25) is 4.79 Å². The van der Waals surface area contributed by atoms with E-state index in [1.54, 1.807) is 12.4 Å². The maximum Gasteiger partial charge on any atom is 0.416 e. The van der Waals surface area contributed by atoms with Crippen LogP contribution in [0.5, 0.6) is 5.75 Å². The van der Waals surface area contributed by atoms with E-state index in [1.165, 1.54) is 4.90 Å². The number of benzene rings is 2. The molecular weight excluding hydrogens is 547 g/mol. The van der Waals surface area contributed by atoms with Gasteiger partial charge in [0.1, 0.15) is 17.9 Å². The summed E-state index contributed by atoms with van der Waals surface area (Å²) in [5.41, 5.74) is 1.70. The van der Waals surface area contributed by atoms with Crippen LogP contribution in [0.15, 0.2) is 30.6 Å². The highest BCUT2D eigenvalue weighted by molar-refractivity contribution is 6.11. The van der Waals surface area contributed by atoms with Crippen molar-refractivity contribution in [3.8, 4) is 5.75 Å². The van der Waals surface area contributed by atoms with Crippen LogP contribution in [0.4, 0.5) is 18.9 Å². The molecule has 2 atom stereocenters. The lowest BCUT2D eigenvalue weighted by Gasteiger charge is -2.30. The lowest BCUT2D eigenvalue weighted by molar-refractivity contribution is -0.138. The molecule has 7 rings (SSSR count). The Morgan fingerprint density at radius 2 is 1.95 bits per heavy atom. The summed E-state index contributed by atoms with van der Waals surface area (Å²) in [6.07, 6.45) is 3.31. The minimum atomic E-state index is -4.62. The Morgan fingerprint density at radius 3 is 2.64 bits per heavy atom. The number of nitrogens with zero attached hydrogens (tertiary/aromatic N) is 4. The van der Waals surface area contributed by atoms with E-state index in [9.17, 15) is 23.1 Å². The molecule has 11 heteroatoms. The molecule has 0 bridgehead atoms. The summed E-state index contributed by atoms with van der Waals surface area (Å²) in [5.74, 6) is 0.952. The van der Waals surface area contributed by atoms with Gasteiger partial charge in [-0.25, -0.2) is 0 Å². The Hall–Kier alpha value is -3.44. The van der Waals surface area contributed by atoms with Crippen LogP contribution in [0.25, 0.3) is 0 Å². The van der Waals surface area contributed by atoms with E-state index < -0.39 is 29.2 Å². The highest BCUT2D eigenvalue weighted by Gasteiger charge is 2.45. The van der Waals surface area contributed by atoms with Gasteiger partial charge in [-0.1, -0.05) is 18.9 Å². The second-order valence-corrected chi connectivity index (χ2v) is 12.2. The highest BCUT2D eigenvalue weighted by atomic mass is 19.4. The fourth-order valence-corrected chi connectivity index (χ4v) is 7.55. The molecule has 222 valence electrons. The van der Waals surface area contributed by atoms with Crippen molar-refractivity contribution in [1.29, 1.82) is 0 Å². The number of carbonyl (C=O) groups excluding carboxylic acids is 1. The molecule has 0 radical (unpaired) electrons. The van der Waals surface area contributed by atoms with Gasteiger partial charge in [0.25, 0.3) is 5.91 Å². The van der Waals surface area contributed by atoms with E-state index >= 15 is 0 Å². The molecule has 0 unspecified atom stereocenters. The fourth-order valence-electron chi connectivity index (χ4n) is 7.55. The average Bonchev–Trinajstić information content (AvgIpc) is 3.78. The quantitative estimate of drug-likeness (QED) is 0.435. The summed E-state index contributed by atoms with van der Waals surface area (Å²) in [6, 6.07) is 6.61. The first kappa shape index (κ1) is 27.4. The molecule has 2 aromatic carbocycles. The van der Waals surface area contributed by atoms with Gasteiger partial charge in [-0.15, -0.1) is 10.2 Å². The molecule has 42 heavy (non-hydrogen) atoms. The van der Waals surface area contributed by atoms with Crippen molar-refractivity contribution >= 4 is 11.6 Å². The van der Waals surface area contributed by atoms with E-state index in [2.05, 4.69) is 21.6 Å². The maximum absolute atomic E-state index is 14.4. The van der Waals surface area contributed by atoms with Crippen LogP contribution in [-0.2, 0) is 38.1 Å². The topological polar surface area (TPSA) is 92.5 Å². The molecule has 2 fully saturated rings. The normalized spacial score (nSPS) is 23.0. The number of nitrogens with one attached hydrogen (secondary N) is 1. The number of carbonyl (C=O) groups is 1. The minimum absolute atomic E-state index is 0.0156. The molecule has 1 amide bonds. The van der Waals surface area contributed by atoms with Crippen LogP contribution >= 0.6 is 0 Å². The standard InChI is InChI=1S/C31H34F3N5O3/c1-38-17-36-37-29(38)30(8-2-3-9-30)20-13-19-7-10-42-27(19)25(14-20)39-16-22-21(28(39)41)11-18(12-23(22)31(32,33)34)15-35-24-5-4-6-26(24)40/h11-14,17,24,26,35,40H,2-10,15-16H2,1H3/t24-,26+/m0/s1. The Morgan fingerprint density at radius 1 is 1.14 bits per heavy atom. The van der Waals surface area contributed by atoms with E-state index in [4.69, 9.17) is 4.74 Å². The van der Waals surface area contributed by atoms with Gasteiger partial charge in [0.15, 0.2) is 0 Å². The van der Waals surface area contributed by atoms with Crippen molar-refractivity contribution in [3.63, 3.8) is 0 Å². The molecule has 8 nitrogen and oxygen atoms in total. The summed E-state index contributed by atoms with van der Waals surface area (Å²) >= 11 is 0. The summed E-state index contributed by atoms with van der Waals surface area (Å²) in [4.78, 5) is 15.4. The lowest BCUT2D eigenvalue weighted by atomic mass is 9.77. The Bertz CT molecular complexity index is 1550. The zero-order valence-electron chi connectivity index (χ0n) is 23.5. The maximum atomic E-state index is 14.4. The minimum Gasteiger partial charge on any atom is -0.491 e. The van der Waals surface area contributed by atoms with Crippen molar-refractivity contribution in [3.05, 3.63) is 69.8 Å². The largest absolute Gasteiger partial charge is 0.491 e. The smallest absolute Gasteiger partial charge is 0.416 e. The second kappa shape index (κ2) is 10.1. The molecule has 2 aliphatic heterocycles. The third-order valence-electron chi connectivity index (χ3n) is 9.66. The van der Waals surface area contributed by atoms with Crippen molar-refractivity contribution < 1.29 is 27.8 Å². The predicted octanol–water partition coefficient (Wildman–Crippen LogP) is 4.79. The van der Waals surface area contributed by atoms with Gasteiger partial charge in [0.05, 0.1) is 35.9 Å².